The Morgan fingerprint density at radius 3 is 2.44 bits per heavy atom. The van der Waals surface area contributed by atoms with E-state index in [1.54, 1.807) is 18.2 Å². The van der Waals surface area contributed by atoms with Crippen molar-refractivity contribution in [2.24, 2.45) is 5.10 Å². The van der Waals surface area contributed by atoms with Gasteiger partial charge in [-0.3, -0.25) is 4.79 Å². The molecule has 7 nitrogen and oxygen atoms in total. The van der Waals surface area contributed by atoms with Crippen LogP contribution < -0.4 is 10.3 Å². The summed E-state index contributed by atoms with van der Waals surface area (Å²) in [6.07, 6.45) is -3.38. The van der Waals surface area contributed by atoms with E-state index in [0.29, 0.717) is 5.56 Å². The van der Waals surface area contributed by atoms with Crippen molar-refractivity contribution < 1.29 is 27.8 Å². The number of para-hydroxylation sites is 1. The Labute approximate surface area is 211 Å². The summed E-state index contributed by atoms with van der Waals surface area (Å²) in [4.78, 5) is 28.3. The molecule has 4 aromatic rings. The molecular weight excluding hydrogens is 522 g/mol. The van der Waals surface area contributed by atoms with Crippen LogP contribution in [0.1, 0.15) is 11.1 Å². The molecule has 0 aliphatic rings. The molecule has 0 aliphatic heterocycles. The summed E-state index contributed by atoms with van der Waals surface area (Å²) in [6.45, 7) is -0.661. The van der Waals surface area contributed by atoms with Gasteiger partial charge in [-0.1, -0.05) is 47.5 Å². The van der Waals surface area contributed by atoms with Gasteiger partial charge in [-0.05, 0) is 42.0 Å². The zero-order valence-electron chi connectivity index (χ0n) is 18.0. The molecule has 0 saturated heterocycles. The second-order valence-electron chi connectivity index (χ2n) is 7.39. The number of carboxylic acids is 1. The second-order valence-corrected chi connectivity index (χ2v) is 8.20. The number of fused-ring (bicyclic) bond motifs is 1. The number of aliphatic carboxylic acids is 1. The molecule has 0 spiro atoms. The Bertz CT molecular complexity index is 1550. The van der Waals surface area contributed by atoms with Crippen molar-refractivity contribution in [3.63, 3.8) is 0 Å². The third-order valence-corrected chi connectivity index (χ3v) is 5.45. The number of carbonyl (C=O) groups is 1. The van der Waals surface area contributed by atoms with E-state index >= 15 is 0 Å². The van der Waals surface area contributed by atoms with Gasteiger partial charge >= 0.3 is 12.1 Å². The predicted octanol–water partition coefficient (Wildman–Crippen LogP) is 5.73. The van der Waals surface area contributed by atoms with Gasteiger partial charge in [-0.25, -0.2) is 9.78 Å². The van der Waals surface area contributed by atoms with Crippen molar-refractivity contribution >= 4 is 46.3 Å². The van der Waals surface area contributed by atoms with Crippen LogP contribution in [0.2, 0.25) is 10.0 Å². The SMILES string of the molecule is O=C(O)COc1c(Cl)cc(C=Nn2c(-c3cccc(C(F)(F)F)c3)nc3ccccc3c2=O)cc1Cl. The Balaban J connectivity index is 1.84. The number of benzene rings is 3. The number of rotatable bonds is 6. The van der Waals surface area contributed by atoms with E-state index in [9.17, 15) is 22.8 Å². The van der Waals surface area contributed by atoms with Gasteiger partial charge in [0.15, 0.2) is 18.2 Å². The second kappa shape index (κ2) is 10.00. The Hall–Kier alpha value is -3.89. The van der Waals surface area contributed by atoms with Gasteiger partial charge in [0, 0.05) is 5.56 Å². The van der Waals surface area contributed by atoms with E-state index in [2.05, 4.69) is 10.1 Å². The number of halogens is 5. The van der Waals surface area contributed by atoms with Gasteiger partial charge in [-0.2, -0.15) is 22.9 Å². The fourth-order valence-electron chi connectivity index (χ4n) is 3.30. The maximum absolute atomic E-state index is 13.3. The van der Waals surface area contributed by atoms with Gasteiger partial charge in [0.25, 0.3) is 5.56 Å². The Morgan fingerprint density at radius 1 is 1.08 bits per heavy atom. The lowest BCUT2D eigenvalue weighted by molar-refractivity contribution is -0.139. The zero-order chi connectivity index (χ0) is 26.0. The lowest BCUT2D eigenvalue weighted by Crippen LogP contribution is -2.20. The number of ether oxygens (including phenoxy) is 1. The van der Waals surface area contributed by atoms with Crippen LogP contribution in [0.3, 0.4) is 0 Å². The minimum atomic E-state index is -4.60. The molecule has 36 heavy (non-hydrogen) atoms. The van der Waals surface area contributed by atoms with Gasteiger partial charge in [0.2, 0.25) is 0 Å². The highest BCUT2D eigenvalue weighted by atomic mass is 35.5. The van der Waals surface area contributed by atoms with E-state index < -0.39 is 29.9 Å². The molecule has 0 fully saturated rings. The summed E-state index contributed by atoms with van der Waals surface area (Å²) in [5.41, 5.74) is -0.898. The van der Waals surface area contributed by atoms with Crippen LogP contribution in [0.4, 0.5) is 13.2 Å². The maximum atomic E-state index is 13.3. The molecule has 0 atom stereocenters. The smallest absolute Gasteiger partial charge is 0.416 e. The highest BCUT2D eigenvalue weighted by molar-refractivity contribution is 6.37. The first-order valence-electron chi connectivity index (χ1n) is 10.1. The third-order valence-electron chi connectivity index (χ3n) is 4.88. The van der Waals surface area contributed by atoms with Gasteiger partial charge in [-0.15, -0.1) is 0 Å². The lowest BCUT2D eigenvalue weighted by Gasteiger charge is -2.12. The number of hydrogen-bond donors (Lipinski definition) is 1. The fraction of sp³-hybridized carbons (Fsp3) is 0.0833. The van der Waals surface area contributed by atoms with Gasteiger partial charge < -0.3 is 9.84 Å². The van der Waals surface area contributed by atoms with E-state index in [4.69, 9.17) is 33.0 Å². The van der Waals surface area contributed by atoms with Crippen molar-refractivity contribution in [3.05, 3.63) is 92.2 Å². The monoisotopic (exact) mass is 535 g/mol. The van der Waals surface area contributed by atoms with Crippen LogP contribution >= 0.6 is 23.2 Å². The fourth-order valence-corrected chi connectivity index (χ4v) is 3.92. The minimum Gasteiger partial charge on any atom is -0.479 e. The highest BCUT2D eigenvalue weighted by Gasteiger charge is 2.31. The van der Waals surface area contributed by atoms with Crippen molar-refractivity contribution in [1.29, 1.82) is 0 Å². The summed E-state index contributed by atoms with van der Waals surface area (Å²) >= 11 is 12.3. The Morgan fingerprint density at radius 2 is 1.78 bits per heavy atom. The summed E-state index contributed by atoms with van der Waals surface area (Å²) in [6, 6.07) is 13.5. The van der Waals surface area contributed by atoms with Crippen LogP contribution in [-0.2, 0) is 11.0 Å². The third kappa shape index (κ3) is 5.34. The summed E-state index contributed by atoms with van der Waals surface area (Å²) in [7, 11) is 0. The van der Waals surface area contributed by atoms with Gasteiger partial charge in [0.05, 0.1) is 32.7 Å². The molecule has 4 rings (SSSR count). The predicted molar refractivity (Wildman–Crippen MR) is 129 cm³/mol. The van der Waals surface area contributed by atoms with Crippen LogP contribution in [-0.4, -0.2) is 33.6 Å². The van der Waals surface area contributed by atoms with Crippen molar-refractivity contribution in [3.8, 4) is 17.1 Å². The normalized spacial score (nSPS) is 11.8. The molecule has 0 aliphatic carbocycles. The standard InChI is InChI=1S/C24H14Cl2F3N3O4/c25-17-8-13(9-18(26)21(17)36-12-20(33)34)11-30-32-22(14-4-3-5-15(10-14)24(27,28)29)31-19-7-2-1-6-16(19)23(32)35/h1-11H,12H2,(H,33,34). The average molecular weight is 536 g/mol. The van der Waals surface area contributed by atoms with Crippen LogP contribution in [0.5, 0.6) is 5.75 Å². The van der Waals surface area contributed by atoms with Crippen LogP contribution in [0.15, 0.2) is 70.6 Å². The maximum Gasteiger partial charge on any atom is 0.416 e. The molecule has 0 radical (unpaired) electrons. The van der Waals surface area contributed by atoms with E-state index in [-0.39, 0.29) is 38.1 Å². The van der Waals surface area contributed by atoms with Crippen LogP contribution in [0, 0.1) is 0 Å². The molecule has 0 amide bonds. The quantitative estimate of drug-likeness (QED) is 0.318. The number of hydrogen-bond acceptors (Lipinski definition) is 5. The molecule has 0 unspecified atom stereocenters. The molecule has 0 saturated carbocycles. The van der Waals surface area contributed by atoms with E-state index in [1.165, 1.54) is 36.5 Å². The van der Waals surface area contributed by atoms with Crippen molar-refractivity contribution in [1.82, 2.24) is 9.66 Å². The number of aromatic nitrogens is 2. The number of nitrogens with zero attached hydrogens (tertiary/aromatic N) is 3. The molecule has 12 heteroatoms. The number of alkyl halides is 3. The topological polar surface area (TPSA) is 93.8 Å². The van der Waals surface area contributed by atoms with E-state index in [0.717, 1.165) is 16.8 Å². The first kappa shape index (κ1) is 25.2. The van der Waals surface area contributed by atoms with Crippen molar-refractivity contribution in [2.45, 2.75) is 6.18 Å². The molecule has 0 bridgehead atoms. The van der Waals surface area contributed by atoms with E-state index in [1.807, 2.05) is 0 Å². The first-order chi connectivity index (χ1) is 17.0. The molecular formula is C24H14Cl2F3N3O4. The molecule has 3 aromatic carbocycles. The molecule has 1 N–H and O–H groups in total. The molecule has 184 valence electrons. The lowest BCUT2D eigenvalue weighted by atomic mass is 10.1. The molecule has 1 aromatic heterocycles. The minimum absolute atomic E-state index is 0.00714. The number of carboxylic acid groups (broad SMARTS) is 1. The highest BCUT2D eigenvalue weighted by Crippen LogP contribution is 2.34. The Kier molecular flexibility index (Phi) is 7.00. The first-order valence-corrected chi connectivity index (χ1v) is 10.9. The average Bonchev–Trinajstić information content (AvgIpc) is 2.82. The molecule has 1 heterocycles. The largest absolute Gasteiger partial charge is 0.479 e. The van der Waals surface area contributed by atoms with Gasteiger partial charge in [0.1, 0.15) is 0 Å². The van der Waals surface area contributed by atoms with Crippen molar-refractivity contribution in [2.75, 3.05) is 6.61 Å². The van der Waals surface area contributed by atoms with Crippen LogP contribution in [0.25, 0.3) is 22.3 Å². The summed E-state index contributed by atoms with van der Waals surface area (Å²) < 4.78 is 45.9. The summed E-state index contributed by atoms with van der Waals surface area (Å²) in [5.74, 6) is -1.38. The zero-order valence-corrected chi connectivity index (χ0v) is 19.5. The summed E-state index contributed by atoms with van der Waals surface area (Å²) in [5, 5.41) is 13.1.